The van der Waals surface area contributed by atoms with E-state index in [1.54, 1.807) is 0 Å². The zero-order valence-electron chi connectivity index (χ0n) is 15.0. The van der Waals surface area contributed by atoms with Crippen LogP contribution in [-0.2, 0) is 36.0 Å². The fourth-order valence-electron chi connectivity index (χ4n) is 4.09. The molecule has 3 heterocycles. The van der Waals surface area contributed by atoms with Crippen LogP contribution >= 0.6 is 12.2 Å². The standard InChI is InChI=1S/C19H21F2N3O2S/c1-23-15(8-17(25)22-12-5-6-26-10-12)16-7-11(9-24(16)19(23)27)18-13(20)3-2-4-14(18)21/h2-4,11-12H,5-10H2,1H3,(H,22,25)/t11-,12+/m0/s1. The molecular weight excluding hydrogens is 372 g/mol. The summed E-state index contributed by atoms with van der Waals surface area (Å²) in [6.45, 7) is 1.61. The average molecular weight is 393 g/mol. The molecular formula is C19H21F2N3O2S. The molecule has 2 aliphatic heterocycles. The van der Waals surface area contributed by atoms with E-state index in [4.69, 9.17) is 17.0 Å². The molecule has 0 bridgehead atoms. The van der Waals surface area contributed by atoms with E-state index >= 15 is 0 Å². The highest BCUT2D eigenvalue weighted by Crippen LogP contribution is 2.35. The van der Waals surface area contributed by atoms with Crippen LogP contribution in [0.4, 0.5) is 8.78 Å². The molecule has 2 aliphatic rings. The van der Waals surface area contributed by atoms with Crippen LogP contribution in [0.25, 0.3) is 0 Å². The molecule has 4 rings (SSSR count). The number of amides is 1. The zero-order chi connectivity index (χ0) is 19.1. The normalized spacial score (nSPS) is 21.4. The predicted octanol–water partition coefficient (Wildman–Crippen LogP) is 2.62. The number of carbonyl (C=O) groups is 1. The van der Waals surface area contributed by atoms with E-state index < -0.39 is 11.6 Å². The Kier molecular flexibility index (Phi) is 4.86. The molecule has 1 amide bonds. The third-order valence-corrected chi connectivity index (χ3v) is 5.95. The van der Waals surface area contributed by atoms with Crippen LogP contribution in [0.1, 0.15) is 29.3 Å². The molecule has 2 atom stereocenters. The van der Waals surface area contributed by atoms with Gasteiger partial charge in [-0.05, 0) is 37.2 Å². The largest absolute Gasteiger partial charge is 0.379 e. The van der Waals surface area contributed by atoms with E-state index in [0.717, 1.165) is 17.8 Å². The van der Waals surface area contributed by atoms with Gasteiger partial charge in [-0.1, -0.05) is 6.07 Å². The number of imidazole rings is 1. The van der Waals surface area contributed by atoms with Crippen molar-refractivity contribution >= 4 is 18.1 Å². The van der Waals surface area contributed by atoms with Gasteiger partial charge in [-0.2, -0.15) is 0 Å². The van der Waals surface area contributed by atoms with Gasteiger partial charge in [-0.15, -0.1) is 0 Å². The smallest absolute Gasteiger partial charge is 0.226 e. The number of benzene rings is 1. The number of rotatable bonds is 4. The minimum atomic E-state index is -0.540. The fourth-order valence-corrected chi connectivity index (χ4v) is 4.38. The number of nitrogens with one attached hydrogen (secondary N) is 1. The van der Waals surface area contributed by atoms with Gasteiger partial charge in [0.05, 0.1) is 19.1 Å². The van der Waals surface area contributed by atoms with Gasteiger partial charge < -0.3 is 19.2 Å². The molecule has 1 aromatic carbocycles. The summed E-state index contributed by atoms with van der Waals surface area (Å²) in [5.41, 5.74) is 1.78. The van der Waals surface area contributed by atoms with Crippen LogP contribution in [0, 0.1) is 16.4 Å². The van der Waals surface area contributed by atoms with Crippen molar-refractivity contribution in [3.05, 3.63) is 51.6 Å². The van der Waals surface area contributed by atoms with Crippen molar-refractivity contribution in [2.75, 3.05) is 13.2 Å². The summed E-state index contributed by atoms with van der Waals surface area (Å²) in [5.74, 6) is -1.50. The van der Waals surface area contributed by atoms with Crippen molar-refractivity contribution in [1.29, 1.82) is 0 Å². The molecule has 0 unspecified atom stereocenters. The molecule has 1 saturated heterocycles. The molecule has 0 radical (unpaired) electrons. The van der Waals surface area contributed by atoms with Gasteiger partial charge in [0.2, 0.25) is 5.91 Å². The second kappa shape index (κ2) is 7.16. The van der Waals surface area contributed by atoms with E-state index in [0.29, 0.717) is 31.0 Å². The summed E-state index contributed by atoms with van der Waals surface area (Å²) in [5, 5.41) is 2.98. The topological polar surface area (TPSA) is 48.2 Å². The number of ether oxygens (including phenoxy) is 1. The molecule has 2 aromatic rings. The zero-order valence-corrected chi connectivity index (χ0v) is 15.8. The highest BCUT2D eigenvalue weighted by molar-refractivity contribution is 7.71. The third-order valence-electron chi connectivity index (χ3n) is 5.46. The molecule has 5 nitrogen and oxygen atoms in total. The summed E-state index contributed by atoms with van der Waals surface area (Å²) in [7, 11) is 1.83. The number of carbonyl (C=O) groups excluding carboxylic acids is 1. The first kappa shape index (κ1) is 18.3. The molecule has 1 fully saturated rings. The molecule has 0 aliphatic carbocycles. The van der Waals surface area contributed by atoms with Crippen molar-refractivity contribution in [2.24, 2.45) is 7.05 Å². The highest BCUT2D eigenvalue weighted by atomic mass is 32.1. The van der Waals surface area contributed by atoms with Gasteiger partial charge in [0, 0.05) is 43.1 Å². The molecule has 27 heavy (non-hydrogen) atoms. The van der Waals surface area contributed by atoms with Gasteiger partial charge in [-0.3, -0.25) is 4.79 Å². The van der Waals surface area contributed by atoms with Crippen LogP contribution in [0.15, 0.2) is 18.2 Å². The highest BCUT2D eigenvalue weighted by Gasteiger charge is 2.32. The first-order chi connectivity index (χ1) is 13.0. The monoisotopic (exact) mass is 393 g/mol. The van der Waals surface area contributed by atoms with Crippen molar-refractivity contribution in [1.82, 2.24) is 14.5 Å². The van der Waals surface area contributed by atoms with Gasteiger partial charge in [-0.25, -0.2) is 8.78 Å². The van der Waals surface area contributed by atoms with E-state index in [1.165, 1.54) is 18.2 Å². The van der Waals surface area contributed by atoms with Crippen LogP contribution in [-0.4, -0.2) is 34.3 Å². The molecule has 0 spiro atoms. The Hall–Kier alpha value is -2.06. The predicted molar refractivity (Wildman–Crippen MR) is 98.1 cm³/mol. The number of aromatic nitrogens is 2. The second-order valence-corrected chi connectivity index (χ2v) is 7.55. The Labute approximate surface area is 160 Å². The average Bonchev–Trinajstić information content (AvgIpc) is 3.32. The van der Waals surface area contributed by atoms with E-state index in [-0.39, 0.29) is 29.9 Å². The summed E-state index contributed by atoms with van der Waals surface area (Å²) in [6.07, 6.45) is 1.45. The lowest BCUT2D eigenvalue weighted by Crippen LogP contribution is -2.36. The van der Waals surface area contributed by atoms with Crippen molar-refractivity contribution < 1.29 is 18.3 Å². The second-order valence-electron chi connectivity index (χ2n) is 7.19. The molecule has 144 valence electrons. The Morgan fingerprint density at radius 2 is 2.11 bits per heavy atom. The minimum absolute atomic E-state index is 0.0432. The lowest BCUT2D eigenvalue weighted by Gasteiger charge is -2.14. The first-order valence-electron chi connectivity index (χ1n) is 9.04. The van der Waals surface area contributed by atoms with Gasteiger partial charge in [0.1, 0.15) is 11.6 Å². The maximum Gasteiger partial charge on any atom is 0.226 e. The number of nitrogens with zero attached hydrogens (tertiary/aromatic N) is 2. The third kappa shape index (κ3) is 3.32. The van der Waals surface area contributed by atoms with E-state index in [9.17, 15) is 13.6 Å². The summed E-state index contributed by atoms with van der Waals surface area (Å²) in [4.78, 5) is 12.4. The fraction of sp³-hybridized carbons (Fsp3) is 0.474. The molecule has 1 N–H and O–H groups in total. The number of halogens is 2. The first-order valence-corrected chi connectivity index (χ1v) is 9.44. The van der Waals surface area contributed by atoms with Gasteiger partial charge in [0.15, 0.2) is 4.77 Å². The van der Waals surface area contributed by atoms with Crippen LogP contribution in [0.2, 0.25) is 0 Å². The lowest BCUT2D eigenvalue weighted by molar-refractivity contribution is -0.121. The maximum atomic E-state index is 14.2. The molecule has 0 saturated carbocycles. The minimum Gasteiger partial charge on any atom is -0.379 e. The van der Waals surface area contributed by atoms with Gasteiger partial charge in [0.25, 0.3) is 0 Å². The van der Waals surface area contributed by atoms with Crippen molar-refractivity contribution in [2.45, 2.75) is 37.8 Å². The number of hydrogen-bond donors (Lipinski definition) is 1. The Morgan fingerprint density at radius 3 is 2.78 bits per heavy atom. The quantitative estimate of drug-likeness (QED) is 0.813. The van der Waals surface area contributed by atoms with E-state index in [2.05, 4.69) is 5.32 Å². The van der Waals surface area contributed by atoms with Crippen LogP contribution < -0.4 is 5.32 Å². The maximum absolute atomic E-state index is 14.2. The molecule has 1 aromatic heterocycles. The molecule has 8 heteroatoms. The van der Waals surface area contributed by atoms with E-state index in [1.807, 2.05) is 16.2 Å². The number of fused-ring (bicyclic) bond motifs is 1. The summed E-state index contributed by atoms with van der Waals surface area (Å²) >= 11 is 5.49. The Bertz CT molecular complexity index is 927. The SMILES string of the molecule is Cn1c(CC(=O)N[C@@H]2CCOC2)c2n(c1=S)C[C@@H](c1c(F)cccc1F)C2. The van der Waals surface area contributed by atoms with Gasteiger partial charge >= 0.3 is 0 Å². The van der Waals surface area contributed by atoms with Crippen molar-refractivity contribution in [3.63, 3.8) is 0 Å². The number of hydrogen-bond acceptors (Lipinski definition) is 3. The lowest BCUT2D eigenvalue weighted by atomic mass is 9.95. The van der Waals surface area contributed by atoms with Crippen LogP contribution in [0.3, 0.4) is 0 Å². The van der Waals surface area contributed by atoms with Crippen LogP contribution in [0.5, 0.6) is 0 Å². The van der Waals surface area contributed by atoms with Crippen molar-refractivity contribution in [3.8, 4) is 0 Å². The summed E-state index contributed by atoms with van der Waals surface area (Å²) in [6, 6.07) is 3.96. The Morgan fingerprint density at radius 1 is 1.37 bits per heavy atom. The Balaban J connectivity index is 1.58. The summed E-state index contributed by atoms with van der Waals surface area (Å²) < 4.78 is 38.0.